The van der Waals surface area contributed by atoms with E-state index >= 15 is 0 Å². The lowest BCUT2D eigenvalue weighted by atomic mass is 10.1. The Morgan fingerprint density at radius 2 is 2.55 bits per heavy atom. The molecule has 0 aromatic carbocycles. The summed E-state index contributed by atoms with van der Waals surface area (Å²) in [5, 5.41) is 0. The highest BCUT2D eigenvalue weighted by molar-refractivity contribution is 6.31. The summed E-state index contributed by atoms with van der Waals surface area (Å²) in [6, 6.07) is 0. The highest BCUT2D eigenvalue weighted by atomic mass is 15.1. The first kappa shape index (κ1) is 7.79. The molecular formula is C7H8BN3. The van der Waals surface area contributed by atoms with E-state index in [0.717, 1.165) is 0 Å². The van der Waals surface area contributed by atoms with E-state index in [1.165, 1.54) is 0 Å². The Kier molecular flexibility index (Phi) is 2.26. The molecule has 0 amide bonds. The van der Waals surface area contributed by atoms with Gasteiger partial charge in [0.05, 0.1) is 6.21 Å². The van der Waals surface area contributed by atoms with Gasteiger partial charge in [-0.3, -0.25) is 4.99 Å². The molecule has 0 aliphatic carbocycles. The third-order valence-electron chi connectivity index (χ3n) is 1.28. The minimum Gasteiger partial charge on any atom is -0.314 e. The fourth-order valence-electron chi connectivity index (χ4n) is 0.799. The number of aromatic nitrogens is 2. The van der Waals surface area contributed by atoms with E-state index in [-0.39, 0.29) is 0 Å². The Hall–Kier alpha value is -1.32. The molecule has 0 saturated carbocycles. The molecule has 0 atom stereocenters. The van der Waals surface area contributed by atoms with Crippen LogP contribution in [0.2, 0.25) is 0 Å². The van der Waals surface area contributed by atoms with Gasteiger partial charge in [0, 0.05) is 19.4 Å². The molecule has 0 bridgehead atoms. The lowest BCUT2D eigenvalue weighted by Gasteiger charge is -1.97. The van der Waals surface area contributed by atoms with Crippen molar-refractivity contribution in [3.05, 3.63) is 18.6 Å². The van der Waals surface area contributed by atoms with Crippen molar-refractivity contribution < 1.29 is 0 Å². The molecule has 2 radical (unpaired) electrons. The Labute approximate surface area is 66.9 Å². The number of rotatable bonds is 2. The van der Waals surface area contributed by atoms with Gasteiger partial charge < -0.3 is 4.57 Å². The zero-order valence-electron chi connectivity index (χ0n) is 6.36. The molecule has 0 N–H and O–H groups in total. The lowest BCUT2D eigenvalue weighted by molar-refractivity contribution is 1.14. The standard InChI is InChI=1S/C7H8BN3/c1-3-11-6(8)4-10-7(11)5-9-2/h3-5H,1H2,2H3. The normalized spacial score (nSPS) is 10.6. The number of imidazole rings is 1. The van der Waals surface area contributed by atoms with Crippen molar-refractivity contribution in [1.29, 1.82) is 0 Å². The molecule has 1 aromatic heterocycles. The van der Waals surface area contributed by atoms with Crippen LogP contribution >= 0.6 is 0 Å². The number of nitrogens with zero attached hydrogens (tertiary/aromatic N) is 3. The first-order valence-corrected chi connectivity index (χ1v) is 3.17. The van der Waals surface area contributed by atoms with Gasteiger partial charge in [-0.15, -0.1) is 0 Å². The quantitative estimate of drug-likeness (QED) is 0.419. The van der Waals surface area contributed by atoms with E-state index in [4.69, 9.17) is 7.85 Å². The summed E-state index contributed by atoms with van der Waals surface area (Å²) in [7, 11) is 7.23. The Bertz CT molecular complexity index is 288. The van der Waals surface area contributed by atoms with E-state index in [1.54, 1.807) is 30.2 Å². The van der Waals surface area contributed by atoms with Gasteiger partial charge in [-0.2, -0.15) is 0 Å². The van der Waals surface area contributed by atoms with E-state index in [9.17, 15) is 0 Å². The maximum Gasteiger partial charge on any atom is 0.154 e. The third kappa shape index (κ3) is 1.39. The van der Waals surface area contributed by atoms with Crippen LogP contribution in [0.4, 0.5) is 0 Å². The summed E-state index contributed by atoms with van der Waals surface area (Å²) in [6.45, 7) is 3.59. The molecule has 54 valence electrons. The van der Waals surface area contributed by atoms with E-state index in [2.05, 4.69) is 16.6 Å². The van der Waals surface area contributed by atoms with Gasteiger partial charge in [0.25, 0.3) is 0 Å². The summed E-state index contributed by atoms with van der Waals surface area (Å²) in [6.07, 6.45) is 4.79. The van der Waals surface area contributed by atoms with Crippen LogP contribution in [0.1, 0.15) is 5.82 Å². The average molecular weight is 145 g/mol. The van der Waals surface area contributed by atoms with Gasteiger partial charge >= 0.3 is 0 Å². The number of hydrogen-bond acceptors (Lipinski definition) is 2. The van der Waals surface area contributed by atoms with Crippen LogP contribution in [0.3, 0.4) is 0 Å². The van der Waals surface area contributed by atoms with Crippen LogP contribution < -0.4 is 5.59 Å². The lowest BCUT2D eigenvalue weighted by Crippen LogP contribution is -2.13. The zero-order chi connectivity index (χ0) is 8.27. The highest BCUT2D eigenvalue weighted by Gasteiger charge is 1.98. The minimum absolute atomic E-state index is 0.565. The highest BCUT2D eigenvalue weighted by Crippen LogP contribution is 1.90. The second-order valence-corrected chi connectivity index (χ2v) is 1.98. The molecule has 1 aromatic rings. The molecular weight excluding hydrogens is 137 g/mol. The molecule has 4 heteroatoms. The van der Waals surface area contributed by atoms with Crippen molar-refractivity contribution in [2.75, 3.05) is 7.05 Å². The van der Waals surface area contributed by atoms with Gasteiger partial charge in [-0.1, -0.05) is 6.58 Å². The molecule has 0 aliphatic heterocycles. The number of hydrogen-bond donors (Lipinski definition) is 0. The minimum atomic E-state index is 0.565. The Balaban J connectivity index is 3.15. The SMILES string of the molecule is [B]c1cnc(C=NC)n1C=C. The van der Waals surface area contributed by atoms with E-state index < -0.39 is 0 Å². The van der Waals surface area contributed by atoms with Crippen LogP contribution in [-0.4, -0.2) is 30.7 Å². The largest absolute Gasteiger partial charge is 0.314 e. The van der Waals surface area contributed by atoms with Crippen LogP contribution in [0.25, 0.3) is 6.20 Å². The smallest absolute Gasteiger partial charge is 0.154 e. The van der Waals surface area contributed by atoms with Gasteiger partial charge in [-0.05, 0) is 5.59 Å². The van der Waals surface area contributed by atoms with Gasteiger partial charge in [-0.25, -0.2) is 4.98 Å². The van der Waals surface area contributed by atoms with E-state index in [0.29, 0.717) is 11.4 Å². The number of aliphatic imine (C=N–C) groups is 1. The summed E-state index contributed by atoms with van der Waals surface area (Å²) < 4.78 is 1.66. The molecule has 0 fully saturated rings. The second-order valence-electron chi connectivity index (χ2n) is 1.98. The molecule has 11 heavy (non-hydrogen) atoms. The topological polar surface area (TPSA) is 30.2 Å². The van der Waals surface area contributed by atoms with Crippen molar-refractivity contribution in [3.8, 4) is 0 Å². The molecule has 0 spiro atoms. The molecule has 0 saturated heterocycles. The van der Waals surface area contributed by atoms with Gasteiger partial charge in [0.2, 0.25) is 0 Å². The van der Waals surface area contributed by atoms with Crippen molar-refractivity contribution in [2.45, 2.75) is 0 Å². The van der Waals surface area contributed by atoms with Crippen LogP contribution in [0.15, 0.2) is 17.8 Å². The predicted octanol–water partition coefficient (Wildman–Crippen LogP) is -0.174. The van der Waals surface area contributed by atoms with Crippen molar-refractivity contribution in [1.82, 2.24) is 9.55 Å². The van der Waals surface area contributed by atoms with Gasteiger partial charge in [0.15, 0.2) is 5.82 Å². The van der Waals surface area contributed by atoms with E-state index in [1.807, 2.05) is 0 Å². The maximum absolute atomic E-state index is 5.55. The Morgan fingerprint density at radius 3 is 3.09 bits per heavy atom. The molecule has 1 rings (SSSR count). The van der Waals surface area contributed by atoms with Crippen LogP contribution in [-0.2, 0) is 0 Å². The predicted molar refractivity (Wildman–Crippen MR) is 47.5 cm³/mol. The van der Waals surface area contributed by atoms with Crippen LogP contribution in [0.5, 0.6) is 0 Å². The van der Waals surface area contributed by atoms with Crippen LogP contribution in [0, 0.1) is 0 Å². The first-order chi connectivity index (χ1) is 5.29. The fraction of sp³-hybridized carbons (Fsp3) is 0.143. The monoisotopic (exact) mass is 145 g/mol. The summed E-state index contributed by atoms with van der Waals surface area (Å²) in [5.41, 5.74) is 0.565. The average Bonchev–Trinajstić information content (AvgIpc) is 2.33. The molecule has 0 aliphatic rings. The van der Waals surface area contributed by atoms with Crippen molar-refractivity contribution in [2.24, 2.45) is 4.99 Å². The second kappa shape index (κ2) is 3.19. The van der Waals surface area contributed by atoms with Crippen molar-refractivity contribution in [3.63, 3.8) is 0 Å². The summed E-state index contributed by atoms with van der Waals surface area (Å²) in [5.74, 6) is 0.694. The molecule has 3 nitrogen and oxygen atoms in total. The maximum atomic E-state index is 5.55. The van der Waals surface area contributed by atoms with Gasteiger partial charge in [0.1, 0.15) is 7.85 Å². The summed E-state index contributed by atoms with van der Waals surface area (Å²) in [4.78, 5) is 7.81. The van der Waals surface area contributed by atoms with Crippen molar-refractivity contribution >= 4 is 25.9 Å². The first-order valence-electron chi connectivity index (χ1n) is 3.17. The molecule has 0 unspecified atom stereocenters. The fourth-order valence-corrected chi connectivity index (χ4v) is 0.799. The zero-order valence-corrected chi connectivity index (χ0v) is 6.36. The summed E-state index contributed by atoms with van der Waals surface area (Å²) >= 11 is 0. The Morgan fingerprint density at radius 1 is 1.82 bits per heavy atom. The third-order valence-corrected chi connectivity index (χ3v) is 1.28. The molecule has 1 heterocycles.